The van der Waals surface area contributed by atoms with Gasteiger partial charge in [0, 0.05) is 29.1 Å². The van der Waals surface area contributed by atoms with Crippen LogP contribution in [0.1, 0.15) is 29.2 Å². The molecule has 0 aliphatic carbocycles. The van der Waals surface area contributed by atoms with Crippen molar-refractivity contribution in [1.29, 1.82) is 0 Å². The van der Waals surface area contributed by atoms with Crippen LogP contribution in [-0.4, -0.2) is 16.5 Å². The molecule has 1 N–H and O–H groups in total. The molecule has 3 aromatic rings. The smallest absolute Gasteiger partial charge is 0.154 e. The minimum absolute atomic E-state index is 0.744. The summed E-state index contributed by atoms with van der Waals surface area (Å²) in [4.78, 5) is 9.02. The third kappa shape index (κ3) is 3.06. The Hall–Kier alpha value is -3.27. The number of para-hydroxylation sites is 1. The summed E-state index contributed by atoms with van der Waals surface area (Å²) in [5, 5.41) is 4.63. The molecule has 2 aromatic carbocycles. The molecule has 0 unspecified atom stereocenters. The van der Waals surface area contributed by atoms with Crippen LogP contribution in [0.5, 0.6) is 0 Å². The third-order valence-electron chi connectivity index (χ3n) is 4.24. The maximum Gasteiger partial charge on any atom is 0.154 e. The van der Waals surface area contributed by atoms with Gasteiger partial charge in [0.25, 0.3) is 0 Å². The fourth-order valence-corrected chi connectivity index (χ4v) is 2.84. The summed E-state index contributed by atoms with van der Waals surface area (Å²) < 4.78 is 0. The van der Waals surface area contributed by atoms with E-state index >= 15 is 0 Å². The highest BCUT2D eigenvalue weighted by molar-refractivity contribution is 6.17. The van der Waals surface area contributed by atoms with E-state index in [0.29, 0.717) is 0 Å². The van der Waals surface area contributed by atoms with Crippen molar-refractivity contribution in [3.8, 4) is 0 Å². The summed E-state index contributed by atoms with van der Waals surface area (Å²) >= 11 is 0. The van der Waals surface area contributed by atoms with Gasteiger partial charge in [-0.3, -0.25) is 10.4 Å². The Bertz CT molecular complexity index is 941. The van der Waals surface area contributed by atoms with Gasteiger partial charge in [-0.05, 0) is 30.2 Å². The van der Waals surface area contributed by atoms with Crippen LogP contribution in [0.4, 0.5) is 5.69 Å². The topological polar surface area (TPSA) is 49.6 Å². The van der Waals surface area contributed by atoms with Crippen LogP contribution >= 0.6 is 0 Å². The van der Waals surface area contributed by atoms with Gasteiger partial charge in [0.2, 0.25) is 0 Å². The van der Waals surface area contributed by atoms with E-state index in [2.05, 4.69) is 46.7 Å². The lowest BCUT2D eigenvalue weighted by Crippen LogP contribution is -2.19. The monoisotopic (exact) mass is 326 g/mol. The summed E-state index contributed by atoms with van der Waals surface area (Å²) in [6.45, 7) is 2.15. The number of hydrogen-bond acceptors (Lipinski definition) is 4. The molecule has 0 saturated carbocycles. The molecule has 0 saturated heterocycles. The lowest BCUT2D eigenvalue weighted by Gasteiger charge is -2.06. The molecule has 4 heteroatoms. The van der Waals surface area contributed by atoms with Crippen molar-refractivity contribution in [3.63, 3.8) is 0 Å². The number of pyridine rings is 1. The van der Waals surface area contributed by atoms with E-state index in [-0.39, 0.29) is 0 Å². The maximum atomic E-state index is 4.81. The molecular weight excluding hydrogens is 308 g/mol. The number of aromatic nitrogens is 1. The van der Waals surface area contributed by atoms with Crippen molar-refractivity contribution >= 4 is 17.2 Å². The number of benzene rings is 2. The maximum absolute atomic E-state index is 4.81. The molecule has 0 atom stereocenters. The van der Waals surface area contributed by atoms with Crippen LogP contribution in [0.25, 0.3) is 0 Å². The normalized spacial score (nSPS) is 13.2. The van der Waals surface area contributed by atoms with Gasteiger partial charge in [-0.2, -0.15) is 5.10 Å². The number of hydrogen-bond donors (Lipinski definition) is 1. The molecule has 25 heavy (non-hydrogen) atoms. The number of fused-ring (bicyclic) bond motifs is 1. The number of nitrogens with zero attached hydrogens (tertiary/aromatic N) is 3. The molecule has 0 radical (unpaired) electrons. The average Bonchev–Trinajstić information content (AvgIpc) is 2.88. The second kappa shape index (κ2) is 6.69. The first-order chi connectivity index (χ1) is 12.3. The molecule has 1 aliphatic heterocycles. The van der Waals surface area contributed by atoms with Crippen LogP contribution < -0.4 is 5.43 Å². The van der Waals surface area contributed by atoms with Crippen molar-refractivity contribution in [2.45, 2.75) is 13.3 Å². The van der Waals surface area contributed by atoms with Gasteiger partial charge < -0.3 is 0 Å². The number of aryl methyl sites for hydroxylation is 1. The Labute approximate surface area is 147 Å². The van der Waals surface area contributed by atoms with E-state index < -0.39 is 0 Å². The SMILES string of the molecule is CCc1ccc(C2=Nc3ccccc3C(c3cccnc3)=NN2)cc1. The second-order valence-corrected chi connectivity index (χ2v) is 5.84. The quantitative estimate of drug-likeness (QED) is 0.788. The predicted molar refractivity (Wildman–Crippen MR) is 101 cm³/mol. The van der Waals surface area contributed by atoms with E-state index in [1.165, 1.54) is 5.56 Å². The largest absolute Gasteiger partial charge is 0.264 e. The molecule has 122 valence electrons. The molecule has 0 fully saturated rings. The lowest BCUT2D eigenvalue weighted by molar-refractivity contribution is 1.03. The van der Waals surface area contributed by atoms with Crippen LogP contribution in [0.2, 0.25) is 0 Å². The fourth-order valence-electron chi connectivity index (χ4n) is 2.84. The van der Waals surface area contributed by atoms with Gasteiger partial charge >= 0.3 is 0 Å². The highest BCUT2D eigenvalue weighted by Gasteiger charge is 2.16. The second-order valence-electron chi connectivity index (χ2n) is 5.84. The highest BCUT2D eigenvalue weighted by atomic mass is 15.3. The zero-order chi connectivity index (χ0) is 17.1. The fraction of sp³-hybridized carbons (Fsp3) is 0.0952. The number of rotatable bonds is 3. The minimum atomic E-state index is 0.744. The number of aliphatic imine (C=N–C) groups is 1. The Morgan fingerprint density at radius 1 is 0.880 bits per heavy atom. The molecule has 4 nitrogen and oxygen atoms in total. The van der Waals surface area contributed by atoms with Gasteiger partial charge in [0.05, 0.1) is 5.69 Å². The van der Waals surface area contributed by atoms with E-state index in [1.54, 1.807) is 6.20 Å². The number of hydrazone groups is 1. The molecule has 0 bridgehead atoms. The number of amidine groups is 1. The van der Waals surface area contributed by atoms with Crippen molar-refractivity contribution < 1.29 is 0 Å². The van der Waals surface area contributed by atoms with E-state index in [0.717, 1.165) is 40.3 Å². The van der Waals surface area contributed by atoms with Crippen LogP contribution in [0.15, 0.2) is 83.2 Å². The Balaban J connectivity index is 1.80. The van der Waals surface area contributed by atoms with E-state index in [9.17, 15) is 0 Å². The van der Waals surface area contributed by atoms with Crippen LogP contribution in [0, 0.1) is 0 Å². The first-order valence-corrected chi connectivity index (χ1v) is 8.36. The molecular formula is C21H18N4. The zero-order valence-corrected chi connectivity index (χ0v) is 14.0. The standard InChI is InChI=1S/C21H18N4/c1-2-15-9-11-16(12-10-15)21-23-19-8-4-3-7-18(19)20(24-25-21)17-6-5-13-22-14-17/h3-14H,2H2,1H3,(H,23,25). The summed E-state index contributed by atoms with van der Waals surface area (Å²) in [6, 6.07) is 20.4. The van der Waals surface area contributed by atoms with Crippen LogP contribution in [0.3, 0.4) is 0 Å². The first kappa shape index (κ1) is 15.3. The van der Waals surface area contributed by atoms with Gasteiger partial charge in [-0.25, -0.2) is 4.99 Å². The summed E-state index contributed by atoms with van der Waals surface area (Å²) in [6.07, 6.45) is 4.60. The predicted octanol–water partition coefficient (Wildman–Crippen LogP) is 4.08. The van der Waals surface area contributed by atoms with E-state index in [4.69, 9.17) is 4.99 Å². The van der Waals surface area contributed by atoms with Gasteiger partial charge in [0.15, 0.2) is 5.84 Å². The van der Waals surface area contributed by atoms with Gasteiger partial charge in [-0.15, -0.1) is 0 Å². The minimum Gasteiger partial charge on any atom is -0.264 e. The Morgan fingerprint density at radius 3 is 2.48 bits per heavy atom. The molecule has 1 aromatic heterocycles. The van der Waals surface area contributed by atoms with Crippen molar-refractivity contribution in [1.82, 2.24) is 10.4 Å². The average molecular weight is 326 g/mol. The first-order valence-electron chi connectivity index (χ1n) is 8.36. The molecule has 0 amide bonds. The molecule has 2 heterocycles. The summed E-state index contributed by atoms with van der Waals surface area (Å²) in [5.41, 5.74) is 9.14. The van der Waals surface area contributed by atoms with Gasteiger partial charge in [-0.1, -0.05) is 49.4 Å². The van der Waals surface area contributed by atoms with E-state index in [1.807, 2.05) is 42.6 Å². The summed E-state index contributed by atoms with van der Waals surface area (Å²) in [7, 11) is 0. The van der Waals surface area contributed by atoms with Gasteiger partial charge in [0.1, 0.15) is 5.71 Å². The van der Waals surface area contributed by atoms with Crippen LogP contribution in [-0.2, 0) is 6.42 Å². The van der Waals surface area contributed by atoms with Crippen molar-refractivity contribution in [2.75, 3.05) is 0 Å². The molecule has 4 rings (SSSR count). The third-order valence-corrected chi connectivity index (χ3v) is 4.24. The Morgan fingerprint density at radius 2 is 1.72 bits per heavy atom. The van der Waals surface area contributed by atoms with Crippen molar-refractivity contribution in [2.24, 2.45) is 10.1 Å². The lowest BCUT2D eigenvalue weighted by atomic mass is 10.0. The molecule has 1 aliphatic rings. The highest BCUT2D eigenvalue weighted by Crippen LogP contribution is 2.25. The Kier molecular flexibility index (Phi) is 4.09. The molecule has 0 spiro atoms. The van der Waals surface area contributed by atoms with Crippen molar-refractivity contribution in [3.05, 3.63) is 95.3 Å². The summed E-state index contributed by atoms with van der Waals surface area (Å²) in [5.74, 6) is 0.744. The zero-order valence-electron chi connectivity index (χ0n) is 14.0. The number of nitrogens with one attached hydrogen (secondary N) is 1.